The van der Waals surface area contributed by atoms with Crippen LogP contribution >= 0.6 is 0 Å². The van der Waals surface area contributed by atoms with Gasteiger partial charge in [0.25, 0.3) is 0 Å². The van der Waals surface area contributed by atoms with Crippen molar-refractivity contribution in [3.05, 3.63) is 0 Å². The predicted molar refractivity (Wildman–Crippen MR) is 69.6 cm³/mol. The van der Waals surface area contributed by atoms with Crippen molar-refractivity contribution >= 4 is 0 Å². The molecule has 0 radical (unpaired) electrons. The van der Waals surface area contributed by atoms with E-state index in [0.29, 0.717) is 17.0 Å². The molecule has 1 saturated heterocycles. The SMILES string of the molecule is CC1CNC(C)(C2CC2)CN1CC(C)(C)C. The van der Waals surface area contributed by atoms with Crippen LogP contribution in [0.3, 0.4) is 0 Å². The molecule has 2 fully saturated rings. The van der Waals surface area contributed by atoms with Crippen LogP contribution in [0.1, 0.15) is 47.5 Å². The molecule has 2 atom stereocenters. The molecule has 2 aliphatic rings. The third kappa shape index (κ3) is 2.78. The summed E-state index contributed by atoms with van der Waals surface area (Å²) in [6, 6.07) is 0.686. The molecule has 16 heavy (non-hydrogen) atoms. The first kappa shape index (κ1) is 12.4. The van der Waals surface area contributed by atoms with Crippen LogP contribution in [0, 0.1) is 11.3 Å². The number of piperazine rings is 1. The summed E-state index contributed by atoms with van der Waals surface area (Å²) >= 11 is 0. The largest absolute Gasteiger partial charge is 0.308 e. The fraction of sp³-hybridized carbons (Fsp3) is 1.00. The molecule has 2 heteroatoms. The van der Waals surface area contributed by atoms with E-state index >= 15 is 0 Å². The number of rotatable bonds is 2. The summed E-state index contributed by atoms with van der Waals surface area (Å²) in [4.78, 5) is 2.69. The Morgan fingerprint density at radius 2 is 1.94 bits per heavy atom. The first-order chi connectivity index (χ1) is 7.30. The van der Waals surface area contributed by atoms with Crippen LogP contribution in [0.15, 0.2) is 0 Å². The average molecular weight is 224 g/mol. The van der Waals surface area contributed by atoms with E-state index in [1.807, 2.05) is 0 Å². The molecule has 1 N–H and O–H groups in total. The smallest absolute Gasteiger partial charge is 0.0309 e. The van der Waals surface area contributed by atoms with Crippen LogP contribution in [-0.4, -0.2) is 36.1 Å². The van der Waals surface area contributed by atoms with E-state index in [2.05, 4.69) is 44.8 Å². The summed E-state index contributed by atoms with van der Waals surface area (Å²) in [5.41, 5.74) is 0.799. The summed E-state index contributed by atoms with van der Waals surface area (Å²) in [6.45, 7) is 15.4. The molecule has 2 rings (SSSR count). The highest BCUT2D eigenvalue weighted by atomic mass is 15.3. The Morgan fingerprint density at radius 3 is 2.44 bits per heavy atom. The van der Waals surface area contributed by atoms with E-state index in [0.717, 1.165) is 12.5 Å². The Kier molecular flexibility index (Phi) is 3.09. The Labute approximate surface area is 101 Å². The van der Waals surface area contributed by atoms with E-state index in [-0.39, 0.29) is 0 Å². The van der Waals surface area contributed by atoms with Crippen molar-refractivity contribution in [2.45, 2.75) is 59.0 Å². The Morgan fingerprint density at radius 1 is 1.31 bits per heavy atom. The molecule has 0 spiro atoms. The molecular formula is C14H28N2. The van der Waals surface area contributed by atoms with Gasteiger partial charge in [-0.3, -0.25) is 4.90 Å². The molecular weight excluding hydrogens is 196 g/mol. The molecule has 0 aromatic carbocycles. The maximum absolute atomic E-state index is 3.78. The van der Waals surface area contributed by atoms with E-state index in [1.165, 1.54) is 25.9 Å². The summed E-state index contributed by atoms with van der Waals surface area (Å²) < 4.78 is 0. The molecule has 1 saturated carbocycles. The summed E-state index contributed by atoms with van der Waals surface area (Å²) in [7, 11) is 0. The van der Waals surface area contributed by atoms with Crippen molar-refractivity contribution in [3.63, 3.8) is 0 Å². The fourth-order valence-corrected chi connectivity index (χ4v) is 2.96. The van der Waals surface area contributed by atoms with Crippen LogP contribution in [0.5, 0.6) is 0 Å². The number of nitrogens with one attached hydrogen (secondary N) is 1. The van der Waals surface area contributed by atoms with Gasteiger partial charge in [0.05, 0.1) is 0 Å². The van der Waals surface area contributed by atoms with Crippen molar-refractivity contribution in [2.24, 2.45) is 11.3 Å². The zero-order chi connectivity index (χ0) is 12.0. The van der Waals surface area contributed by atoms with Gasteiger partial charge < -0.3 is 5.32 Å². The van der Waals surface area contributed by atoms with Gasteiger partial charge in [-0.15, -0.1) is 0 Å². The normalized spacial score (nSPS) is 37.7. The topological polar surface area (TPSA) is 15.3 Å². The van der Waals surface area contributed by atoms with Gasteiger partial charge in [0.1, 0.15) is 0 Å². The van der Waals surface area contributed by atoms with Gasteiger partial charge in [0, 0.05) is 31.2 Å². The maximum atomic E-state index is 3.78. The zero-order valence-electron chi connectivity index (χ0n) is 11.6. The average Bonchev–Trinajstić information content (AvgIpc) is 2.92. The van der Waals surface area contributed by atoms with E-state index < -0.39 is 0 Å². The monoisotopic (exact) mass is 224 g/mol. The quantitative estimate of drug-likeness (QED) is 0.775. The molecule has 0 bridgehead atoms. The highest BCUT2D eigenvalue weighted by Gasteiger charge is 2.45. The van der Waals surface area contributed by atoms with Crippen molar-refractivity contribution in [1.82, 2.24) is 10.2 Å². The summed E-state index contributed by atoms with van der Waals surface area (Å²) in [5.74, 6) is 0.933. The lowest BCUT2D eigenvalue weighted by atomic mass is 9.88. The second kappa shape index (κ2) is 3.99. The minimum atomic E-state index is 0.387. The molecule has 1 aliphatic carbocycles. The van der Waals surface area contributed by atoms with Gasteiger partial charge in [-0.2, -0.15) is 0 Å². The number of hydrogen-bond donors (Lipinski definition) is 1. The van der Waals surface area contributed by atoms with Crippen molar-refractivity contribution in [2.75, 3.05) is 19.6 Å². The van der Waals surface area contributed by atoms with Crippen LogP contribution < -0.4 is 5.32 Å². The zero-order valence-corrected chi connectivity index (χ0v) is 11.6. The lowest BCUT2D eigenvalue weighted by Gasteiger charge is -2.47. The van der Waals surface area contributed by atoms with Gasteiger partial charge in [-0.05, 0) is 38.0 Å². The van der Waals surface area contributed by atoms with Gasteiger partial charge in [0.2, 0.25) is 0 Å². The third-order valence-electron chi connectivity index (χ3n) is 4.11. The standard InChI is InChI=1S/C14H28N2/c1-11-8-15-14(5,12-6-7-12)10-16(11)9-13(2,3)4/h11-12,15H,6-10H2,1-5H3. The van der Waals surface area contributed by atoms with Crippen LogP contribution in [0.25, 0.3) is 0 Å². The first-order valence-electron chi connectivity index (χ1n) is 6.79. The van der Waals surface area contributed by atoms with Crippen LogP contribution in [-0.2, 0) is 0 Å². The molecule has 1 heterocycles. The molecule has 2 nitrogen and oxygen atoms in total. The molecule has 1 aliphatic heterocycles. The van der Waals surface area contributed by atoms with E-state index in [1.54, 1.807) is 0 Å². The predicted octanol–water partition coefficient (Wildman–Crippen LogP) is 2.49. The minimum Gasteiger partial charge on any atom is -0.308 e. The molecule has 94 valence electrons. The highest BCUT2D eigenvalue weighted by molar-refractivity contribution is 5.03. The second-order valence-electron chi connectivity index (χ2n) is 7.39. The molecule has 2 unspecified atom stereocenters. The first-order valence-corrected chi connectivity index (χ1v) is 6.79. The van der Waals surface area contributed by atoms with Gasteiger partial charge in [-0.1, -0.05) is 20.8 Å². The van der Waals surface area contributed by atoms with Crippen LogP contribution in [0.2, 0.25) is 0 Å². The van der Waals surface area contributed by atoms with E-state index in [4.69, 9.17) is 0 Å². The maximum Gasteiger partial charge on any atom is 0.0309 e. The third-order valence-corrected chi connectivity index (χ3v) is 4.11. The van der Waals surface area contributed by atoms with Gasteiger partial charge in [0.15, 0.2) is 0 Å². The summed E-state index contributed by atoms with van der Waals surface area (Å²) in [5, 5.41) is 3.78. The Hall–Kier alpha value is -0.0800. The number of hydrogen-bond acceptors (Lipinski definition) is 2. The minimum absolute atomic E-state index is 0.387. The Balaban J connectivity index is 2.00. The van der Waals surface area contributed by atoms with Gasteiger partial charge in [-0.25, -0.2) is 0 Å². The van der Waals surface area contributed by atoms with Crippen molar-refractivity contribution in [3.8, 4) is 0 Å². The Bertz CT molecular complexity index is 252. The lowest BCUT2D eigenvalue weighted by molar-refractivity contribution is 0.0558. The van der Waals surface area contributed by atoms with Crippen LogP contribution in [0.4, 0.5) is 0 Å². The molecule has 0 aromatic heterocycles. The summed E-state index contributed by atoms with van der Waals surface area (Å²) in [6.07, 6.45) is 2.86. The molecule has 0 amide bonds. The van der Waals surface area contributed by atoms with Gasteiger partial charge >= 0.3 is 0 Å². The second-order valence-corrected chi connectivity index (χ2v) is 7.39. The lowest BCUT2D eigenvalue weighted by Crippen LogP contribution is -2.64. The fourth-order valence-electron chi connectivity index (χ4n) is 2.96. The molecule has 0 aromatic rings. The van der Waals surface area contributed by atoms with Crippen molar-refractivity contribution in [1.29, 1.82) is 0 Å². The van der Waals surface area contributed by atoms with E-state index in [9.17, 15) is 0 Å². The van der Waals surface area contributed by atoms with Crippen molar-refractivity contribution < 1.29 is 0 Å². The highest BCUT2D eigenvalue weighted by Crippen LogP contribution is 2.41. The number of nitrogens with zero attached hydrogens (tertiary/aromatic N) is 1.